The summed E-state index contributed by atoms with van der Waals surface area (Å²) in [6.45, 7) is 0.921. The first-order chi connectivity index (χ1) is 12.1. The first kappa shape index (κ1) is 18.8. The van der Waals surface area contributed by atoms with E-state index in [-0.39, 0.29) is 12.3 Å². The number of benzene rings is 2. The Balaban J connectivity index is 1.79. The monoisotopic (exact) mass is 362 g/mol. The van der Waals surface area contributed by atoms with Crippen molar-refractivity contribution in [3.63, 3.8) is 0 Å². The van der Waals surface area contributed by atoms with Crippen molar-refractivity contribution < 1.29 is 19.1 Å². The lowest BCUT2D eigenvalue weighted by atomic mass is 10.1. The summed E-state index contributed by atoms with van der Waals surface area (Å²) in [5, 5.41) is 0.604. The van der Waals surface area contributed by atoms with Gasteiger partial charge in [-0.3, -0.25) is 20.4 Å². The van der Waals surface area contributed by atoms with E-state index in [1.165, 1.54) is 0 Å². The summed E-state index contributed by atoms with van der Waals surface area (Å²) in [7, 11) is 1.60. The lowest BCUT2D eigenvalue weighted by Gasteiger charge is -2.09. The van der Waals surface area contributed by atoms with Crippen LogP contribution < -0.4 is 15.6 Å². The molecular formula is C18H19ClN2O4. The van der Waals surface area contributed by atoms with E-state index >= 15 is 0 Å². The second kappa shape index (κ2) is 9.66. The fraction of sp³-hybridized carbons (Fsp3) is 0.222. The molecule has 0 bridgehead atoms. The van der Waals surface area contributed by atoms with Gasteiger partial charge in [0.2, 0.25) is 5.91 Å². The fourth-order valence-corrected chi connectivity index (χ4v) is 2.10. The Morgan fingerprint density at radius 3 is 2.28 bits per heavy atom. The lowest BCUT2D eigenvalue weighted by Crippen LogP contribution is -2.42. The average Bonchev–Trinajstić information content (AvgIpc) is 2.62. The van der Waals surface area contributed by atoms with Gasteiger partial charge >= 0.3 is 0 Å². The van der Waals surface area contributed by atoms with Gasteiger partial charge in [0.15, 0.2) is 0 Å². The standard InChI is InChI=1S/C18H19ClN2O4/c1-24-10-11-25-16-8-4-14(5-9-16)18(23)21-20-17(22)12-13-2-6-15(19)7-3-13/h2-9H,10-12H2,1H3,(H,20,22)(H,21,23). The molecule has 0 spiro atoms. The Labute approximate surface area is 151 Å². The number of hydrogen-bond acceptors (Lipinski definition) is 4. The molecule has 132 valence electrons. The number of hydrazine groups is 1. The number of carbonyl (C=O) groups excluding carboxylic acids is 2. The number of ether oxygens (including phenoxy) is 2. The highest BCUT2D eigenvalue weighted by atomic mass is 35.5. The molecule has 0 saturated heterocycles. The molecule has 0 saturated carbocycles. The topological polar surface area (TPSA) is 76.7 Å². The average molecular weight is 363 g/mol. The van der Waals surface area contributed by atoms with Crippen LogP contribution in [0.2, 0.25) is 5.02 Å². The Morgan fingerprint density at radius 2 is 1.64 bits per heavy atom. The van der Waals surface area contributed by atoms with Crippen molar-refractivity contribution in [2.24, 2.45) is 0 Å². The zero-order chi connectivity index (χ0) is 18.1. The Morgan fingerprint density at radius 1 is 0.960 bits per heavy atom. The van der Waals surface area contributed by atoms with Crippen LogP contribution in [0.5, 0.6) is 5.75 Å². The van der Waals surface area contributed by atoms with Gasteiger partial charge in [0.05, 0.1) is 13.0 Å². The van der Waals surface area contributed by atoms with Crippen molar-refractivity contribution >= 4 is 23.4 Å². The number of halogens is 1. The second-order valence-corrected chi connectivity index (χ2v) is 5.61. The summed E-state index contributed by atoms with van der Waals surface area (Å²) in [6.07, 6.45) is 0.143. The van der Waals surface area contributed by atoms with Crippen molar-refractivity contribution in [1.29, 1.82) is 0 Å². The molecule has 2 rings (SSSR count). The van der Waals surface area contributed by atoms with Gasteiger partial charge in [0.1, 0.15) is 12.4 Å². The van der Waals surface area contributed by atoms with Crippen LogP contribution in [0.1, 0.15) is 15.9 Å². The van der Waals surface area contributed by atoms with E-state index in [0.29, 0.717) is 29.5 Å². The van der Waals surface area contributed by atoms with Crippen LogP contribution in [-0.4, -0.2) is 32.1 Å². The summed E-state index contributed by atoms with van der Waals surface area (Å²) in [4.78, 5) is 23.9. The van der Waals surface area contributed by atoms with Crippen LogP contribution in [0.3, 0.4) is 0 Å². The van der Waals surface area contributed by atoms with E-state index < -0.39 is 5.91 Å². The molecule has 2 amide bonds. The van der Waals surface area contributed by atoms with Gasteiger partial charge in [-0.05, 0) is 42.0 Å². The molecule has 2 aromatic rings. The molecule has 6 nitrogen and oxygen atoms in total. The molecule has 2 N–H and O–H groups in total. The molecule has 7 heteroatoms. The van der Waals surface area contributed by atoms with Gasteiger partial charge in [0.25, 0.3) is 5.91 Å². The quantitative estimate of drug-likeness (QED) is 0.585. The fourth-order valence-electron chi connectivity index (χ4n) is 1.98. The van der Waals surface area contributed by atoms with Crippen molar-refractivity contribution in [3.05, 3.63) is 64.7 Å². The summed E-state index contributed by atoms with van der Waals surface area (Å²) in [5.74, 6) is -0.0940. The highest BCUT2D eigenvalue weighted by molar-refractivity contribution is 6.30. The molecule has 0 atom stereocenters. The van der Waals surface area contributed by atoms with Gasteiger partial charge in [0, 0.05) is 17.7 Å². The molecule has 0 aliphatic carbocycles. The van der Waals surface area contributed by atoms with E-state index in [2.05, 4.69) is 10.9 Å². The van der Waals surface area contributed by atoms with Crippen molar-refractivity contribution in [3.8, 4) is 5.75 Å². The van der Waals surface area contributed by atoms with E-state index in [1.807, 2.05) is 0 Å². The van der Waals surface area contributed by atoms with Crippen LogP contribution in [0.15, 0.2) is 48.5 Å². The third-order valence-corrected chi connectivity index (χ3v) is 3.52. The smallest absolute Gasteiger partial charge is 0.269 e. The van der Waals surface area contributed by atoms with Crippen molar-refractivity contribution in [2.45, 2.75) is 6.42 Å². The first-order valence-corrected chi connectivity index (χ1v) is 8.01. The Hall–Kier alpha value is -2.57. The lowest BCUT2D eigenvalue weighted by molar-refractivity contribution is -0.121. The van der Waals surface area contributed by atoms with Gasteiger partial charge in [-0.1, -0.05) is 23.7 Å². The van der Waals surface area contributed by atoms with Crippen molar-refractivity contribution in [1.82, 2.24) is 10.9 Å². The highest BCUT2D eigenvalue weighted by Crippen LogP contribution is 2.12. The van der Waals surface area contributed by atoms with Gasteiger partial charge in [-0.15, -0.1) is 0 Å². The Kier molecular flexibility index (Phi) is 7.25. The van der Waals surface area contributed by atoms with E-state index in [9.17, 15) is 9.59 Å². The minimum Gasteiger partial charge on any atom is -0.491 e. The molecule has 0 aliphatic rings. The number of rotatable bonds is 7. The summed E-state index contributed by atoms with van der Waals surface area (Å²) >= 11 is 5.79. The minimum absolute atomic E-state index is 0.143. The molecular weight excluding hydrogens is 344 g/mol. The van der Waals surface area contributed by atoms with E-state index in [0.717, 1.165) is 5.56 Å². The maximum absolute atomic E-state index is 12.0. The second-order valence-electron chi connectivity index (χ2n) is 5.17. The maximum atomic E-state index is 12.0. The molecule has 0 unspecified atom stereocenters. The third-order valence-electron chi connectivity index (χ3n) is 3.27. The number of nitrogens with one attached hydrogen (secondary N) is 2. The molecule has 0 aromatic heterocycles. The van der Waals surface area contributed by atoms with Gasteiger partial charge in [-0.2, -0.15) is 0 Å². The SMILES string of the molecule is COCCOc1ccc(C(=O)NNC(=O)Cc2ccc(Cl)cc2)cc1. The number of amides is 2. The Bertz CT molecular complexity index is 702. The summed E-state index contributed by atoms with van der Waals surface area (Å²) in [5.41, 5.74) is 5.97. The number of hydrogen-bond donors (Lipinski definition) is 2. The van der Waals surface area contributed by atoms with Crippen LogP contribution in [0.25, 0.3) is 0 Å². The minimum atomic E-state index is -0.409. The van der Waals surface area contributed by atoms with Crippen LogP contribution >= 0.6 is 11.6 Å². The summed E-state index contributed by atoms with van der Waals surface area (Å²) < 4.78 is 10.3. The molecule has 25 heavy (non-hydrogen) atoms. The van der Waals surface area contributed by atoms with Crippen LogP contribution in [0, 0.1) is 0 Å². The molecule has 2 aromatic carbocycles. The van der Waals surface area contributed by atoms with E-state index in [4.69, 9.17) is 21.1 Å². The molecule has 0 heterocycles. The largest absolute Gasteiger partial charge is 0.491 e. The van der Waals surface area contributed by atoms with Gasteiger partial charge in [-0.25, -0.2) is 0 Å². The van der Waals surface area contributed by atoms with Crippen molar-refractivity contribution in [2.75, 3.05) is 20.3 Å². The van der Waals surface area contributed by atoms with Crippen LogP contribution in [-0.2, 0) is 16.0 Å². The predicted octanol–water partition coefficient (Wildman–Crippen LogP) is 2.37. The van der Waals surface area contributed by atoms with E-state index in [1.54, 1.807) is 55.6 Å². The molecule has 0 aliphatic heterocycles. The normalized spacial score (nSPS) is 10.2. The molecule has 0 radical (unpaired) electrons. The first-order valence-electron chi connectivity index (χ1n) is 7.64. The van der Waals surface area contributed by atoms with Crippen LogP contribution in [0.4, 0.5) is 0 Å². The zero-order valence-electron chi connectivity index (χ0n) is 13.8. The number of carbonyl (C=O) groups is 2. The third kappa shape index (κ3) is 6.45. The molecule has 0 fully saturated rings. The highest BCUT2D eigenvalue weighted by Gasteiger charge is 2.08. The zero-order valence-corrected chi connectivity index (χ0v) is 14.5. The van der Waals surface area contributed by atoms with Gasteiger partial charge < -0.3 is 9.47 Å². The summed E-state index contributed by atoms with van der Waals surface area (Å²) in [6, 6.07) is 13.5. The predicted molar refractivity (Wildman–Crippen MR) is 94.6 cm³/mol. The number of methoxy groups -OCH3 is 1. The maximum Gasteiger partial charge on any atom is 0.269 e.